The monoisotopic (exact) mass is 264 g/mol. The number of nitriles is 1. The van der Waals surface area contributed by atoms with Gasteiger partial charge in [-0.05, 0) is 35.4 Å². The lowest BCUT2D eigenvalue weighted by Crippen LogP contribution is -1.94. The fraction of sp³-hybridized carbons (Fsp3) is 0. The highest BCUT2D eigenvalue weighted by Gasteiger charge is 2.01. The summed E-state index contributed by atoms with van der Waals surface area (Å²) in [6.07, 6.45) is 3.62. The average Bonchev–Trinajstić information content (AvgIpc) is 2.46. The number of hydrogen-bond acceptors (Lipinski definition) is 3. The van der Waals surface area contributed by atoms with E-state index < -0.39 is 5.97 Å². The molecule has 0 bridgehead atoms. The molecule has 0 aliphatic rings. The quantitative estimate of drug-likeness (QED) is 0.659. The molecular weight excluding hydrogens is 252 g/mol. The molecule has 0 aromatic heterocycles. The van der Waals surface area contributed by atoms with Crippen molar-refractivity contribution in [1.29, 1.82) is 5.26 Å². The summed E-state index contributed by atoms with van der Waals surface area (Å²) in [5.74, 6) is -0.953. The Bertz CT molecular complexity index is 710. The van der Waals surface area contributed by atoms with Gasteiger partial charge in [-0.15, -0.1) is 0 Å². The number of carbonyl (C=O) groups is 1. The molecule has 2 aromatic carbocycles. The molecule has 98 valence electrons. The van der Waals surface area contributed by atoms with Crippen molar-refractivity contribution >= 4 is 23.8 Å². The second-order valence-corrected chi connectivity index (χ2v) is 4.22. The SMILES string of the molecule is N#Cc1cc(N)ccc1C=Cc1ccc(C(=O)O)cc1. The van der Waals surface area contributed by atoms with E-state index in [9.17, 15) is 4.79 Å². The number of nitrogens with two attached hydrogens (primary N) is 1. The van der Waals surface area contributed by atoms with Gasteiger partial charge in [-0.3, -0.25) is 0 Å². The Hall–Kier alpha value is -3.06. The molecule has 0 spiro atoms. The zero-order chi connectivity index (χ0) is 14.5. The van der Waals surface area contributed by atoms with Crippen molar-refractivity contribution in [3.63, 3.8) is 0 Å². The third kappa shape index (κ3) is 3.03. The predicted molar refractivity (Wildman–Crippen MR) is 77.9 cm³/mol. The smallest absolute Gasteiger partial charge is 0.335 e. The van der Waals surface area contributed by atoms with Gasteiger partial charge in [0.05, 0.1) is 17.2 Å². The normalized spacial score (nSPS) is 10.3. The summed E-state index contributed by atoms with van der Waals surface area (Å²) in [5.41, 5.74) is 8.54. The van der Waals surface area contributed by atoms with Crippen molar-refractivity contribution in [2.75, 3.05) is 5.73 Å². The Morgan fingerprint density at radius 3 is 2.45 bits per heavy atom. The third-order valence-corrected chi connectivity index (χ3v) is 2.81. The summed E-state index contributed by atoms with van der Waals surface area (Å²) >= 11 is 0. The van der Waals surface area contributed by atoms with Crippen LogP contribution in [-0.2, 0) is 0 Å². The summed E-state index contributed by atoms with van der Waals surface area (Å²) in [7, 11) is 0. The van der Waals surface area contributed by atoms with Crippen molar-refractivity contribution < 1.29 is 9.90 Å². The van der Waals surface area contributed by atoms with Gasteiger partial charge in [-0.25, -0.2) is 4.79 Å². The molecule has 0 saturated carbocycles. The van der Waals surface area contributed by atoms with E-state index in [4.69, 9.17) is 16.1 Å². The Balaban J connectivity index is 2.25. The molecule has 0 fully saturated rings. The lowest BCUT2D eigenvalue weighted by molar-refractivity contribution is 0.0697. The molecule has 0 unspecified atom stereocenters. The van der Waals surface area contributed by atoms with E-state index in [2.05, 4.69) is 6.07 Å². The molecule has 3 N–H and O–H groups in total. The van der Waals surface area contributed by atoms with Gasteiger partial charge in [0.25, 0.3) is 0 Å². The van der Waals surface area contributed by atoms with Crippen LogP contribution in [0.1, 0.15) is 27.0 Å². The number of anilines is 1. The Kier molecular flexibility index (Phi) is 3.82. The van der Waals surface area contributed by atoms with Crippen molar-refractivity contribution in [2.24, 2.45) is 0 Å². The molecule has 0 aliphatic heterocycles. The molecule has 2 rings (SSSR count). The van der Waals surface area contributed by atoms with Crippen molar-refractivity contribution in [1.82, 2.24) is 0 Å². The van der Waals surface area contributed by atoms with Gasteiger partial charge in [-0.2, -0.15) is 5.26 Å². The van der Waals surface area contributed by atoms with E-state index >= 15 is 0 Å². The minimum atomic E-state index is -0.953. The number of nitrogen functional groups attached to an aromatic ring is 1. The van der Waals surface area contributed by atoms with Gasteiger partial charge >= 0.3 is 5.97 Å². The minimum Gasteiger partial charge on any atom is -0.478 e. The lowest BCUT2D eigenvalue weighted by atomic mass is 10.1. The maximum absolute atomic E-state index is 10.7. The third-order valence-electron chi connectivity index (χ3n) is 2.81. The maximum atomic E-state index is 10.7. The number of hydrogen-bond donors (Lipinski definition) is 2. The van der Waals surface area contributed by atoms with Crippen molar-refractivity contribution in [3.8, 4) is 6.07 Å². The standard InChI is InChI=1S/C16H12N2O2/c17-10-14-9-15(18)8-7-12(14)4-1-11-2-5-13(6-3-11)16(19)20/h1-9H,18H2,(H,19,20). The fourth-order valence-electron chi connectivity index (χ4n) is 1.74. The van der Waals surface area contributed by atoms with Gasteiger partial charge < -0.3 is 10.8 Å². The summed E-state index contributed by atoms with van der Waals surface area (Å²) in [6, 6.07) is 13.7. The van der Waals surface area contributed by atoms with Crippen LogP contribution in [0.3, 0.4) is 0 Å². The van der Waals surface area contributed by atoms with Crippen LogP contribution in [-0.4, -0.2) is 11.1 Å². The molecule has 0 amide bonds. The second-order valence-electron chi connectivity index (χ2n) is 4.22. The highest BCUT2D eigenvalue weighted by molar-refractivity contribution is 5.88. The number of aromatic carboxylic acids is 1. The van der Waals surface area contributed by atoms with Crippen LogP contribution in [0.2, 0.25) is 0 Å². The molecule has 4 nitrogen and oxygen atoms in total. The number of nitrogens with zero attached hydrogens (tertiary/aromatic N) is 1. The van der Waals surface area contributed by atoms with Crippen LogP contribution >= 0.6 is 0 Å². The van der Waals surface area contributed by atoms with Gasteiger partial charge in [0.1, 0.15) is 0 Å². The highest BCUT2D eigenvalue weighted by Crippen LogP contribution is 2.16. The van der Waals surface area contributed by atoms with E-state index in [0.29, 0.717) is 11.3 Å². The Morgan fingerprint density at radius 1 is 1.15 bits per heavy atom. The second kappa shape index (κ2) is 5.72. The number of carboxylic acid groups (broad SMARTS) is 1. The molecule has 4 heteroatoms. The zero-order valence-corrected chi connectivity index (χ0v) is 10.6. The molecule has 0 heterocycles. The van der Waals surface area contributed by atoms with Gasteiger partial charge in [0.2, 0.25) is 0 Å². The van der Waals surface area contributed by atoms with Gasteiger partial charge in [0, 0.05) is 5.69 Å². The van der Waals surface area contributed by atoms with Crippen LogP contribution in [0.5, 0.6) is 0 Å². The van der Waals surface area contributed by atoms with E-state index in [1.807, 2.05) is 6.08 Å². The first-order valence-electron chi connectivity index (χ1n) is 5.91. The first-order chi connectivity index (χ1) is 9.60. The topological polar surface area (TPSA) is 87.1 Å². The summed E-state index contributed by atoms with van der Waals surface area (Å²) in [4.78, 5) is 10.7. The Morgan fingerprint density at radius 2 is 1.85 bits per heavy atom. The van der Waals surface area contributed by atoms with Crippen LogP contribution in [0, 0.1) is 11.3 Å². The van der Waals surface area contributed by atoms with Gasteiger partial charge in [0.15, 0.2) is 0 Å². The molecule has 0 aliphatic carbocycles. The fourth-order valence-corrected chi connectivity index (χ4v) is 1.74. The molecule has 20 heavy (non-hydrogen) atoms. The Labute approximate surface area is 116 Å². The largest absolute Gasteiger partial charge is 0.478 e. The molecule has 0 saturated heterocycles. The van der Waals surface area contributed by atoms with Gasteiger partial charge in [-0.1, -0.05) is 30.4 Å². The van der Waals surface area contributed by atoms with Crippen LogP contribution < -0.4 is 5.73 Å². The van der Waals surface area contributed by atoms with Crippen LogP contribution in [0.15, 0.2) is 42.5 Å². The van der Waals surface area contributed by atoms with E-state index in [-0.39, 0.29) is 5.56 Å². The summed E-state index contributed by atoms with van der Waals surface area (Å²) in [5, 5.41) is 17.8. The number of carboxylic acids is 1. The zero-order valence-electron chi connectivity index (χ0n) is 10.6. The minimum absolute atomic E-state index is 0.243. The maximum Gasteiger partial charge on any atom is 0.335 e. The summed E-state index contributed by atoms with van der Waals surface area (Å²) in [6.45, 7) is 0. The van der Waals surface area contributed by atoms with E-state index in [1.165, 1.54) is 12.1 Å². The molecule has 2 aromatic rings. The lowest BCUT2D eigenvalue weighted by Gasteiger charge is -2.00. The average molecular weight is 264 g/mol. The first kappa shape index (κ1) is 13.4. The molecular formula is C16H12N2O2. The first-order valence-corrected chi connectivity index (χ1v) is 5.91. The number of benzene rings is 2. The van der Waals surface area contributed by atoms with E-state index in [0.717, 1.165) is 11.1 Å². The van der Waals surface area contributed by atoms with Crippen LogP contribution in [0.25, 0.3) is 12.2 Å². The van der Waals surface area contributed by atoms with Crippen molar-refractivity contribution in [3.05, 3.63) is 64.7 Å². The van der Waals surface area contributed by atoms with Crippen molar-refractivity contribution in [2.45, 2.75) is 0 Å². The van der Waals surface area contributed by atoms with E-state index in [1.54, 1.807) is 36.4 Å². The highest BCUT2D eigenvalue weighted by atomic mass is 16.4. The molecule has 0 radical (unpaired) electrons. The predicted octanol–water partition coefficient (Wildman–Crippen LogP) is 3.01. The molecule has 0 atom stereocenters. The summed E-state index contributed by atoms with van der Waals surface area (Å²) < 4.78 is 0. The van der Waals surface area contributed by atoms with Crippen LogP contribution in [0.4, 0.5) is 5.69 Å². The number of rotatable bonds is 3.